The Kier molecular flexibility index (Phi) is 4.63. The van der Waals surface area contributed by atoms with Crippen molar-refractivity contribution in [1.29, 1.82) is 0 Å². The Morgan fingerprint density at radius 3 is 2.90 bits per heavy atom. The molecule has 1 heterocycles. The van der Waals surface area contributed by atoms with Gasteiger partial charge >= 0.3 is 0 Å². The minimum atomic E-state index is -0.594. The van der Waals surface area contributed by atoms with E-state index in [9.17, 15) is 5.11 Å². The van der Waals surface area contributed by atoms with Gasteiger partial charge in [-0.25, -0.2) is 4.98 Å². The van der Waals surface area contributed by atoms with E-state index in [1.54, 1.807) is 18.3 Å². The van der Waals surface area contributed by atoms with Gasteiger partial charge in [0.1, 0.15) is 24.3 Å². The second-order valence-corrected chi connectivity index (χ2v) is 5.13. The summed E-state index contributed by atoms with van der Waals surface area (Å²) in [6.45, 7) is 4.85. The van der Waals surface area contributed by atoms with Gasteiger partial charge in [0.2, 0.25) is 0 Å². The molecular weight excluding hydrogens is 254 g/mol. The van der Waals surface area contributed by atoms with Gasteiger partial charge in [-0.2, -0.15) is 0 Å². The van der Waals surface area contributed by atoms with Crippen LogP contribution in [0.25, 0.3) is 0 Å². The van der Waals surface area contributed by atoms with Crippen molar-refractivity contribution in [2.75, 3.05) is 12.3 Å². The maximum absolute atomic E-state index is 10.1. The van der Waals surface area contributed by atoms with E-state index >= 15 is 0 Å². The lowest BCUT2D eigenvalue weighted by Crippen LogP contribution is -2.24. The molecule has 0 fully saturated rings. The lowest BCUT2D eigenvalue weighted by molar-refractivity contribution is 0.0916. The summed E-state index contributed by atoms with van der Waals surface area (Å²) in [5, 5.41) is 10.1. The molecule has 0 bridgehead atoms. The van der Waals surface area contributed by atoms with Crippen LogP contribution in [0.4, 0.5) is 5.69 Å². The van der Waals surface area contributed by atoms with Crippen molar-refractivity contribution in [3.63, 3.8) is 0 Å². The summed E-state index contributed by atoms with van der Waals surface area (Å²) in [6, 6.07) is 7.18. The second kappa shape index (κ2) is 6.43. The molecular formula is C15H21N3O2. The number of rotatable bonds is 6. The summed E-state index contributed by atoms with van der Waals surface area (Å²) in [4.78, 5) is 4.29. The third kappa shape index (κ3) is 3.74. The smallest absolute Gasteiger partial charge is 0.121 e. The van der Waals surface area contributed by atoms with Crippen LogP contribution < -0.4 is 10.5 Å². The Bertz CT molecular complexity index is 552. The molecule has 0 aliphatic heterocycles. The fourth-order valence-electron chi connectivity index (χ4n) is 2.05. The molecule has 2 aromatic rings. The van der Waals surface area contributed by atoms with Crippen LogP contribution >= 0.6 is 0 Å². The van der Waals surface area contributed by atoms with E-state index in [-0.39, 0.29) is 6.61 Å². The van der Waals surface area contributed by atoms with Gasteiger partial charge in [-0.1, -0.05) is 19.9 Å². The van der Waals surface area contributed by atoms with E-state index in [4.69, 9.17) is 10.5 Å². The summed E-state index contributed by atoms with van der Waals surface area (Å²) >= 11 is 0. The van der Waals surface area contributed by atoms with Crippen LogP contribution in [0.5, 0.6) is 5.75 Å². The number of nitrogens with zero attached hydrogens (tertiary/aromatic N) is 2. The maximum Gasteiger partial charge on any atom is 0.121 e. The van der Waals surface area contributed by atoms with E-state index in [1.807, 2.05) is 22.9 Å². The summed E-state index contributed by atoms with van der Waals surface area (Å²) in [5.74, 6) is 1.96. The van der Waals surface area contributed by atoms with Gasteiger partial charge in [-0.15, -0.1) is 0 Å². The average molecular weight is 275 g/mol. The molecule has 1 aromatic heterocycles. The highest BCUT2D eigenvalue weighted by Crippen LogP contribution is 2.15. The summed E-state index contributed by atoms with van der Waals surface area (Å²) < 4.78 is 7.49. The lowest BCUT2D eigenvalue weighted by Gasteiger charge is -2.16. The average Bonchev–Trinajstić information content (AvgIpc) is 2.85. The van der Waals surface area contributed by atoms with E-state index < -0.39 is 6.10 Å². The van der Waals surface area contributed by atoms with Crippen molar-refractivity contribution in [1.82, 2.24) is 9.55 Å². The first kappa shape index (κ1) is 14.4. The van der Waals surface area contributed by atoms with Crippen LogP contribution in [0.2, 0.25) is 0 Å². The number of ether oxygens (including phenoxy) is 1. The zero-order valence-corrected chi connectivity index (χ0v) is 11.9. The molecule has 5 heteroatoms. The van der Waals surface area contributed by atoms with Crippen LogP contribution in [0.1, 0.15) is 25.6 Å². The number of aliphatic hydroxyl groups is 1. The SMILES string of the molecule is CC(C)c1nccn1CC(O)COc1cccc(N)c1. The lowest BCUT2D eigenvalue weighted by atomic mass is 10.2. The molecule has 0 aliphatic carbocycles. The molecule has 0 radical (unpaired) electrons. The van der Waals surface area contributed by atoms with Crippen molar-refractivity contribution < 1.29 is 9.84 Å². The van der Waals surface area contributed by atoms with Gasteiger partial charge in [0.05, 0.1) is 6.54 Å². The molecule has 5 nitrogen and oxygen atoms in total. The van der Waals surface area contributed by atoms with E-state index in [0.717, 1.165) is 5.82 Å². The first-order valence-corrected chi connectivity index (χ1v) is 6.73. The van der Waals surface area contributed by atoms with Crippen molar-refractivity contribution in [2.45, 2.75) is 32.4 Å². The molecule has 20 heavy (non-hydrogen) atoms. The fraction of sp³-hybridized carbons (Fsp3) is 0.400. The number of aromatic nitrogens is 2. The Morgan fingerprint density at radius 2 is 2.20 bits per heavy atom. The predicted octanol–water partition coefficient (Wildman–Crippen LogP) is 2.03. The molecule has 0 spiro atoms. The Morgan fingerprint density at radius 1 is 1.40 bits per heavy atom. The molecule has 1 aromatic carbocycles. The van der Waals surface area contributed by atoms with Gasteiger partial charge in [-0.3, -0.25) is 0 Å². The molecule has 1 unspecified atom stereocenters. The molecule has 0 saturated carbocycles. The molecule has 2 rings (SSSR count). The first-order chi connectivity index (χ1) is 9.56. The first-order valence-electron chi connectivity index (χ1n) is 6.73. The van der Waals surface area contributed by atoms with Gasteiger partial charge < -0.3 is 20.1 Å². The third-order valence-corrected chi connectivity index (χ3v) is 2.97. The quantitative estimate of drug-likeness (QED) is 0.791. The molecule has 108 valence electrons. The van der Waals surface area contributed by atoms with Crippen LogP contribution in [-0.2, 0) is 6.54 Å². The van der Waals surface area contributed by atoms with Crippen molar-refractivity contribution in [3.8, 4) is 5.75 Å². The zero-order chi connectivity index (χ0) is 14.5. The zero-order valence-electron chi connectivity index (χ0n) is 11.9. The van der Waals surface area contributed by atoms with Crippen LogP contribution in [-0.4, -0.2) is 27.4 Å². The van der Waals surface area contributed by atoms with Crippen molar-refractivity contribution >= 4 is 5.69 Å². The minimum Gasteiger partial charge on any atom is -0.491 e. The van der Waals surface area contributed by atoms with Crippen molar-refractivity contribution in [3.05, 3.63) is 42.5 Å². The highest BCUT2D eigenvalue weighted by molar-refractivity contribution is 5.43. The second-order valence-electron chi connectivity index (χ2n) is 5.13. The number of benzene rings is 1. The number of hydrogen-bond donors (Lipinski definition) is 2. The molecule has 0 amide bonds. The maximum atomic E-state index is 10.1. The summed E-state index contributed by atoms with van der Waals surface area (Å²) in [6.07, 6.45) is 3.03. The highest BCUT2D eigenvalue weighted by Gasteiger charge is 2.12. The Hall–Kier alpha value is -2.01. The predicted molar refractivity (Wildman–Crippen MR) is 78.7 cm³/mol. The Balaban J connectivity index is 1.89. The van der Waals surface area contributed by atoms with Gasteiger partial charge in [0, 0.05) is 30.1 Å². The largest absolute Gasteiger partial charge is 0.491 e. The van der Waals surface area contributed by atoms with Crippen LogP contribution in [0, 0.1) is 0 Å². The summed E-state index contributed by atoms with van der Waals surface area (Å²) in [7, 11) is 0. The standard InChI is InChI=1S/C15H21N3O2/c1-11(2)15-17-6-7-18(15)9-13(19)10-20-14-5-3-4-12(16)8-14/h3-8,11,13,19H,9-10,16H2,1-2H3. The minimum absolute atomic E-state index is 0.221. The molecule has 0 aliphatic rings. The number of imidazole rings is 1. The topological polar surface area (TPSA) is 73.3 Å². The molecule has 0 saturated heterocycles. The van der Waals surface area contributed by atoms with Crippen LogP contribution in [0.15, 0.2) is 36.7 Å². The van der Waals surface area contributed by atoms with Crippen LogP contribution in [0.3, 0.4) is 0 Å². The van der Waals surface area contributed by atoms with E-state index in [2.05, 4.69) is 18.8 Å². The normalized spacial score (nSPS) is 12.6. The number of hydrogen-bond acceptors (Lipinski definition) is 4. The molecule has 3 N–H and O–H groups in total. The van der Waals surface area contributed by atoms with Crippen molar-refractivity contribution in [2.24, 2.45) is 0 Å². The number of nitrogens with two attached hydrogens (primary N) is 1. The number of aliphatic hydroxyl groups excluding tert-OH is 1. The Labute approximate surface area is 119 Å². The number of anilines is 1. The number of nitrogen functional groups attached to an aromatic ring is 1. The van der Waals surface area contributed by atoms with E-state index in [0.29, 0.717) is 23.9 Å². The van der Waals surface area contributed by atoms with Gasteiger partial charge in [0.25, 0.3) is 0 Å². The highest BCUT2D eigenvalue weighted by atomic mass is 16.5. The third-order valence-electron chi connectivity index (χ3n) is 2.97. The van der Waals surface area contributed by atoms with Gasteiger partial charge in [0.15, 0.2) is 0 Å². The molecule has 1 atom stereocenters. The monoisotopic (exact) mass is 275 g/mol. The fourth-order valence-corrected chi connectivity index (χ4v) is 2.05. The van der Waals surface area contributed by atoms with E-state index in [1.165, 1.54) is 0 Å². The summed E-state index contributed by atoms with van der Waals surface area (Å²) in [5.41, 5.74) is 6.32. The van der Waals surface area contributed by atoms with Gasteiger partial charge in [-0.05, 0) is 12.1 Å².